The number of hydrogen-bond acceptors (Lipinski definition) is 6. The zero-order valence-electron chi connectivity index (χ0n) is 14.9. The summed E-state index contributed by atoms with van der Waals surface area (Å²) in [5, 5.41) is 0. The molecular formula is C17H26N4O3. The third-order valence-corrected chi connectivity index (χ3v) is 3.98. The van der Waals surface area contributed by atoms with E-state index >= 15 is 0 Å². The maximum absolute atomic E-state index is 12.2. The van der Waals surface area contributed by atoms with Gasteiger partial charge in [-0.15, -0.1) is 0 Å². The number of likely N-dealkylation sites (N-methyl/N-ethyl adjacent to an activating group) is 1. The lowest BCUT2D eigenvalue weighted by molar-refractivity contribution is 0.0156. The Bertz CT molecular complexity index is 563. The van der Waals surface area contributed by atoms with Gasteiger partial charge in [-0.2, -0.15) is 0 Å². The Kier molecular flexibility index (Phi) is 5.88. The van der Waals surface area contributed by atoms with Crippen LogP contribution in [0.25, 0.3) is 0 Å². The molecule has 0 bridgehead atoms. The van der Waals surface area contributed by atoms with Crippen molar-refractivity contribution in [1.29, 1.82) is 0 Å². The van der Waals surface area contributed by atoms with Gasteiger partial charge in [0.05, 0.1) is 12.7 Å². The van der Waals surface area contributed by atoms with Crippen molar-refractivity contribution in [3.05, 3.63) is 24.3 Å². The molecule has 1 aromatic heterocycles. The number of nitrogens with zero attached hydrogens (tertiary/aromatic N) is 4. The second kappa shape index (κ2) is 7.70. The molecule has 0 aromatic carbocycles. The molecule has 7 nitrogen and oxygen atoms in total. The van der Waals surface area contributed by atoms with Gasteiger partial charge in [-0.25, -0.2) is 9.78 Å². The van der Waals surface area contributed by atoms with Gasteiger partial charge in [-0.05, 0) is 40.7 Å². The Morgan fingerprint density at radius 3 is 2.50 bits per heavy atom. The molecular weight excluding hydrogens is 308 g/mol. The van der Waals surface area contributed by atoms with E-state index in [2.05, 4.69) is 9.97 Å². The number of Topliss-reactive ketones (excluding diaryl/α,β-unsaturated/α-hetero) is 1. The summed E-state index contributed by atoms with van der Waals surface area (Å²) in [5.74, 6) is -0.0415. The lowest BCUT2D eigenvalue weighted by Crippen LogP contribution is -2.47. The van der Waals surface area contributed by atoms with Crippen LogP contribution in [0.5, 0.6) is 0 Å². The van der Waals surface area contributed by atoms with Crippen molar-refractivity contribution >= 4 is 11.9 Å². The highest BCUT2D eigenvalue weighted by Crippen LogP contribution is 2.18. The Morgan fingerprint density at radius 1 is 1.29 bits per heavy atom. The number of ether oxygens (including phenoxy) is 1. The Labute approximate surface area is 143 Å². The number of carbonyl (C=O) groups is 2. The van der Waals surface area contributed by atoms with Crippen LogP contribution in [0.4, 0.5) is 4.79 Å². The van der Waals surface area contributed by atoms with Gasteiger partial charge in [0.1, 0.15) is 11.3 Å². The van der Waals surface area contributed by atoms with Gasteiger partial charge in [-0.1, -0.05) is 0 Å². The first kappa shape index (κ1) is 18.3. The predicted octanol–water partition coefficient (Wildman–Crippen LogP) is 1.99. The van der Waals surface area contributed by atoms with E-state index in [1.54, 1.807) is 11.1 Å². The molecule has 1 aliphatic rings. The molecule has 0 saturated carbocycles. The molecule has 24 heavy (non-hydrogen) atoms. The summed E-state index contributed by atoms with van der Waals surface area (Å²) in [6.07, 6.45) is 5.94. The summed E-state index contributed by atoms with van der Waals surface area (Å²) in [4.78, 5) is 36.0. The van der Waals surface area contributed by atoms with Gasteiger partial charge in [0.15, 0.2) is 5.78 Å². The van der Waals surface area contributed by atoms with Gasteiger partial charge in [0.2, 0.25) is 0 Å². The second-order valence-electron chi connectivity index (χ2n) is 7.13. The minimum absolute atomic E-state index is 0.0415. The predicted molar refractivity (Wildman–Crippen MR) is 89.8 cm³/mol. The number of hydrogen-bond donors (Lipinski definition) is 0. The highest BCUT2D eigenvalue weighted by Gasteiger charge is 2.29. The standard InChI is InChI=1S/C17H26N4O3/c1-17(2,3)24-16(23)21-9-5-13(6-10-21)20(4)12-15(22)14-11-18-7-8-19-14/h7-8,11,13H,5-6,9-10,12H2,1-4H3. The summed E-state index contributed by atoms with van der Waals surface area (Å²) in [5.41, 5.74) is -0.0936. The van der Waals surface area contributed by atoms with Crippen LogP contribution in [0.3, 0.4) is 0 Å². The quantitative estimate of drug-likeness (QED) is 0.784. The SMILES string of the molecule is CN(CC(=O)c1cnccn1)C1CCN(C(=O)OC(C)(C)C)CC1. The van der Waals surface area contributed by atoms with Crippen LogP contribution >= 0.6 is 0 Å². The van der Waals surface area contributed by atoms with Gasteiger partial charge >= 0.3 is 6.09 Å². The first-order valence-corrected chi connectivity index (χ1v) is 8.23. The summed E-state index contributed by atoms with van der Waals surface area (Å²) in [7, 11) is 1.93. The minimum atomic E-state index is -0.478. The monoisotopic (exact) mass is 334 g/mol. The maximum atomic E-state index is 12.2. The molecule has 0 aliphatic carbocycles. The number of aromatic nitrogens is 2. The van der Waals surface area contributed by atoms with Gasteiger partial charge < -0.3 is 9.64 Å². The van der Waals surface area contributed by atoms with E-state index in [9.17, 15) is 9.59 Å². The molecule has 0 N–H and O–H groups in total. The molecule has 2 heterocycles. The zero-order chi connectivity index (χ0) is 17.7. The van der Waals surface area contributed by atoms with Crippen molar-refractivity contribution in [3.63, 3.8) is 0 Å². The van der Waals surface area contributed by atoms with Crippen LogP contribution < -0.4 is 0 Å². The van der Waals surface area contributed by atoms with Crippen LogP contribution in [0.15, 0.2) is 18.6 Å². The molecule has 0 unspecified atom stereocenters. The number of ketones is 1. The van der Waals surface area contributed by atoms with Crippen molar-refractivity contribution in [1.82, 2.24) is 19.8 Å². The molecule has 1 fully saturated rings. The van der Waals surface area contributed by atoms with E-state index in [-0.39, 0.29) is 17.9 Å². The third kappa shape index (κ3) is 5.26. The van der Waals surface area contributed by atoms with E-state index in [1.807, 2.05) is 32.7 Å². The molecule has 1 aliphatic heterocycles. The number of likely N-dealkylation sites (tertiary alicyclic amines) is 1. The van der Waals surface area contributed by atoms with Crippen LogP contribution in [-0.4, -0.2) is 70.0 Å². The minimum Gasteiger partial charge on any atom is -0.444 e. The van der Waals surface area contributed by atoms with Gasteiger partial charge in [0, 0.05) is 31.5 Å². The number of rotatable bonds is 4. The summed E-state index contributed by atoms with van der Waals surface area (Å²) in [6, 6.07) is 0.268. The molecule has 0 radical (unpaired) electrons. The van der Waals surface area contributed by atoms with Crippen molar-refractivity contribution in [3.8, 4) is 0 Å². The molecule has 0 atom stereocenters. The lowest BCUT2D eigenvalue weighted by Gasteiger charge is -2.37. The Balaban J connectivity index is 1.81. The summed E-state index contributed by atoms with van der Waals surface area (Å²) in [6.45, 7) is 7.18. The average molecular weight is 334 g/mol. The zero-order valence-corrected chi connectivity index (χ0v) is 14.9. The van der Waals surface area contributed by atoms with E-state index in [4.69, 9.17) is 4.74 Å². The normalized spacial score (nSPS) is 16.3. The summed E-state index contributed by atoms with van der Waals surface area (Å²) < 4.78 is 5.40. The van der Waals surface area contributed by atoms with Crippen LogP contribution in [0.2, 0.25) is 0 Å². The van der Waals surface area contributed by atoms with Gasteiger partial charge in [0.25, 0.3) is 0 Å². The van der Waals surface area contributed by atoms with Crippen LogP contribution in [0.1, 0.15) is 44.1 Å². The fraction of sp³-hybridized carbons (Fsp3) is 0.647. The Morgan fingerprint density at radius 2 is 1.96 bits per heavy atom. The largest absolute Gasteiger partial charge is 0.444 e. The van der Waals surface area contributed by atoms with Crippen LogP contribution in [-0.2, 0) is 4.74 Å². The van der Waals surface area contributed by atoms with E-state index in [0.29, 0.717) is 25.3 Å². The molecule has 1 saturated heterocycles. The van der Waals surface area contributed by atoms with Crippen molar-refractivity contribution in [2.24, 2.45) is 0 Å². The lowest BCUT2D eigenvalue weighted by atomic mass is 10.0. The van der Waals surface area contributed by atoms with Crippen molar-refractivity contribution in [2.75, 3.05) is 26.7 Å². The topological polar surface area (TPSA) is 75.6 Å². The average Bonchev–Trinajstić information content (AvgIpc) is 2.54. The molecule has 1 amide bonds. The number of amides is 1. The third-order valence-electron chi connectivity index (χ3n) is 3.98. The highest BCUT2D eigenvalue weighted by atomic mass is 16.6. The van der Waals surface area contributed by atoms with Crippen molar-refractivity contribution < 1.29 is 14.3 Å². The highest BCUT2D eigenvalue weighted by molar-refractivity contribution is 5.95. The van der Waals surface area contributed by atoms with E-state index in [0.717, 1.165) is 12.8 Å². The van der Waals surface area contributed by atoms with E-state index in [1.165, 1.54) is 12.4 Å². The number of piperidine rings is 1. The fourth-order valence-electron chi connectivity index (χ4n) is 2.70. The van der Waals surface area contributed by atoms with Gasteiger partial charge in [-0.3, -0.25) is 14.7 Å². The fourth-order valence-corrected chi connectivity index (χ4v) is 2.70. The molecule has 0 spiro atoms. The molecule has 1 aromatic rings. The maximum Gasteiger partial charge on any atom is 0.410 e. The molecule has 132 valence electrons. The first-order valence-electron chi connectivity index (χ1n) is 8.23. The molecule has 2 rings (SSSR count). The number of carbonyl (C=O) groups excluding carboxylic acids is 2. The first-order chi connectivity index (χ1) is 11.3. The Hall–Kier alpha value is -2.02. The van der Waals surface area contributed by atoms with Crippen molar-refractivity contribution in [2.45, 2.75) is 45.3 Å². The summed E-state index contributed by atoms with van der Waals surface area (Å²) >= 11 is 0. The molecule has 7 heteroatoms. The van der Waals surface area contributed by atoms with Crippen LogP contribution in [0, 0.1) is 0 Å². The smallest absolute Gasteiger partial charge is 0.410 e. The second-order valence-corrected chi connectivity index (χ2v) is 7.13. The van der Waals surface area contributed by atoms with E-state index < -0.39 is 5.60 Å².